The van der Waals surface area contributed by atoms with Crippen LogP contribution >= 0.6 is 7.82 Å². The van der Waals surface area contributed by atoms with Gasteiger partial charge < -0.3 is 28.8 Å². The topological polar surface area (TPSA) is 108 Å². The maximum absolute atomic E-state index is 12.8. The molecule has 0 aliphatic carbocycles. The van der Waals surface area contributed by atoms with Gasteiger partial charge in [0.2, 0.25) is 5.91 Å². The summed E-state index contributed by atoms with van der Waals surface area (Å²) >= 11 is 0. The van der Waals surface area contributed by atoms with Crippen LogP contribution in [-0.2, 0) is 18.4 Å². The molecule has 0 aromatic heterocycles. The van der Waals surface area contributed by atoms with Crippen LogP contribution in [0.4, 0.5) is 0 Å². The van der Waals surface area contributed by atoms with Gasteiger partial charge in [0.05, 0.1) is 39.9 Å². The van der Waals surface area contributed by atoms with Crippen LogP contribution in [0.2, 0.25) is 0 Å². The minimum Gasteiger partial charge on any atom is -0.756 e. The van der Waals surface area contributed by atoms with Crippen LogP contribution in [0, 0.1) is 0 Å². The smallest absolute Gasteiger partial charge is 0.268 e. The fourth-order valence-electron chi connectivity index (χ4n) is 6.70. The van der Waals surface area contributed by atoms with Gasteiger partial charge in [-0.05, 0) is 32.1 Å². The third kappa shape index (κ3) is 41.0. The molecule has 0 aromatic carbocycles. The Labute approximate surface area is 341 Å². The van der Waals surface area contributed by atoms with Crippen LogP contribution in [0.1, 0.15) is 213 Å². The van der Waals surface area contributed by atoms with E-state index in [1.807, 2.05) is 27.2 Å². The number of quaternary nitrogens is 1. The number of hydrogen-bond donors (Lipinski definition) is 2. The fourth-order valence-corrected chi connectivity index (χ4v) is 7.42. The van der Waals surface area contributed by atoms with Gasteiger partial charge in [0, 0.05) is 6.42 Å². The molecule has 0 aliphatic rings. The third-order valence-corrected chi connectivity index (χ3v) is 11.4. The summed E-state index contributed by atoms with van der Waals surface area (Å²) in [6, 6.07) is -0.897. The van der Waals surface area contributed by atoms with Gasteiger partial charge in [-0.3, -0.25) is 9.36 Å². The molecular weight excluding hydrogens is 707 g/mol. The lowest BCUT2D eigenvalue weighted by Gasteiger charge is -2.29. The summed E-state index contributed by atoms with van der Waals surface area (Å²) in [7, 11) is 1.25. The third-order valence-electron chi connectivity index (χ3n) is 10.4. The minimum atomic E-state index is -4.59. The molecule has 0 aliphatic heterocycles. The number of aliphatic hydroxyl groups is 1. The van der Waals surface area contributed by atoms with Gasteiger partial charge in [-0.15, -0.1) is 0 Å². The number of nitrogens with zero attached hydrogens (tertiary/aromatic N) is 1. The molecule has 0 radical (unpaired) electrons. The molecule has 1 amide bonds. The largest absolute Gasteiger partial charge is 0.756 e. The Morgan fingerprint density at radius 1 is 0.618 bits per heavy atom. The minimum absolute atomic E-state index is 0.00444. The zero-order chi connectivity index (χ0) is 40.7. The summed E-state index contributed by atoms with van der Waals surface area (Å²) in [5, 5.41) is 13.7. The number of unbranched alkanes of at least 4 members (excludes halogenated alkanes) is 27. The zero-order valence-electron chi connectivity index (χ0n) is 36.9. The van der Waals surface area contributed by atoms with E-state index in [1.165, 1.54) is 154 Å². The molecule has 0 heterocycles. The van der Waals surface area contributed by atoms with E-state index >= 15 is 0 Å². The molecule has 0 bridgehead atoms. The highest BCUT2D eigenvalue weighted by molar-refractivity contribution is 7.45. The molecular formula is C46H91N2O6P. The van der Waals surface area contributed by atoms with Crippen molar-refractivity contribution in [2.75, 3.05) is 40.9 Å². The SMILES string of the molecule is CCCCCCC/C=C/CC/C=C/[C@@H](O)[C@H](COP(=O)([O-])OCC[N+](C)(C)C)NC(=O)CCCCCCCCCCCCCCCCCCCCCCCC. The highest BCUT2D eigenvalue weighted by Crippen LogP contribution is 2.38. The van der Waals surface area contributed by atoms with Crippen molar-refractivity contribution in [2.24, 2.45) is 0 Å². The van der Waals surface area contributed by atoms with E-state index in [-0.39, 0.29) is 19.1 Å². The van der Waals surface area contributed by atoms with Gasteiger partial charge in [-0.1, -0.05) is 199 Å². The Morgan fingerprint density at radius 3 is 1.47 bits per heavy atom. The van der Waals surface area contributed by atoms with Crippen LogP contribution < -0.4 is 10.2 Å². The van der Waals surface area contributed by atoms with Crippen molar-refractivity contribution in [3.05, 3.63) is 24.3 Å². The molecule has 326 valence electrons. The number of phosphoric ester groups is 1. The van der Waals surface area contributed by atoms with Crippen LogP contribution in [-0.4, -0.2) is 68.5 Å². The number of allylic oxidation sites excluding steroid dienone is 3. The first-order chi connectivity index (χ1) is 26.5. The lowest BCUT2D eigenvalue weighted by Crippen LogP contribution is -2.45. The summed E-state index contributed by atoms with van der Waals surface area (Å²) in [6.07, 6.45) is 45.2. The summed E-state index contributed by atoms with van der Waals surface area (Å²) in [4.78, 5) is 25.3. The Kier molecular flexibility index (Phi) is 37.8. The second-order valence-electron chi connectivity index (χ2n) is 17.1. The van der Waals surface area contributed by atoms with Crippen LogP contribution in [0.25, 0.3) is 0 Å². The number of nitrogens with one attached hydrogen (secondary N) is 1. The Morgan fingerprint density at radius 2 is 1.02 bits per heavy atom. The number of phosphoric acid groups is 1. The van der Waals surface area contributed by atoms with E-state index in [4.69, 9.17) is 9.05 Å². The predicted octanol–water partition coefficient (Wildman–Crippen LogP) is 12.3. The standard InChI is InChI=1S/C46H91N2O6P/c1-6-8-10-12-14-16-18-19-20-21-22-23-24-25-26-27-28-30-32-34-36-38-40-46(50)47-44(43-54-55(51,52)53-42-41-48(3,4)5)45(49)39-37-35-33-31-29-17-15-13-11-9-7-2/h29,31,37,39,44-45,49H,6-28,30,32-36,38,40-43H2,1-5H3,(H-,47,50,51,52)/b31-29+,39-37+/t44-,45+/m0/s1. The summed E-state index contributed by atoms with van der Waals surface area (Å²) in [6.45, 7) is 4.61. The maximum atomic E-state index is 12.8. The van der Waals surface area contributed by atoms with Gasteiger partial charge in [-0.25, -0.2) is 0 Å². The van der Waals surface area contributed by atoms with Crippen LogP contribution in [0.5, 0.6) is 0 Å². The molecule has 0 saturated carbocycles. The average Bonchev–Trinajstić information content (AvgIpc) is 3.13. The zero-order valence-corrected chi connectivity index (χ0v) is 37.8. The van der Waals surface area contributed by atoms with Crippen molar-refractivity contribution in [3.63, 3.8) is 0 Å². The second-order valence-corrected chi connectivity index (χ2v) is 18.5. The molecule has 0 rings (SSSR count). The second kappa shape index (κ2) is 38.5. The van der Waals surface area contributed by atoms with Gasteiger partial charge >= 0.3 is 0 Å². The monoisotopic (exact) mass is 799 g/mol. The molecule has 0 spiro atoms. The molecule has 9 heteroatoms. The molecule has 2 N–H and O–H groups in total. The van der Waals surface area contributed by atoms with Gasteiger partial charge in [-0.2, -0.15) is 0 Å². The quantitative estimate of drug-likeness (QED) is 0.0276. The fraction of sp³-hybridized carbons (Fsp3) is 0.891. The van der Waals surface area contributed by atoms with Crippen molar-refractivity contribution >= 4 is 13.7 Å². The van der Waals surface area contributed by atoms with Gasteiger partial charge in [0.25, 0.3) is 7.82 Å². The molecule has 55 heavy (non-hydrogen) atoms. The summed E-state index contributed by atoms with van der Waals surface area (Å²) < 4.78 is 23.1. The predicted molar refractivity (Wildman–Crippen MR) is 233 cm³/mol. The lowest BCUT2D eigenvalue weighted by molar-refractivity contribution is -0.870. The number of amides is 1. The molecule has 1 unspecified atom stereocenters. The van der Waals surface area contributed by atoms with Crippen molar-refractivity contribution < 1.29 is 32.9 Å². The molecule has 0 fully saturated rings. The maximum Gasteiger partial charge on any atom is 0.268 e. The van der Waals surface area contributed by atoms with E-state index < -0.39 is 20.0 Å². The first-order valence-electron chi connectivity index (χ1n) is 23.2. The molecule has 0 aromatic rings. The molecule has 8 nitrogen and oxygen atoms in total. The molecule has 3 atom stereocenters. The summed E-state index contributed by atoms with van der Waals surface area (Å²) in [5.74, 6) is -0.206. The normalized spacial score (nSPS) is 14.5. The highest BCUT2D eigenvalue weighted by atomic mass is 31.2. The number of likely N-dealkylation sites (N-methyl/N-ethyl adjacent to an activating group) is 1. The van der Waals surface area contributed by atoms with Crippen molar-refractivity contribution in [1.29, 1.82) is 0 Å². The lowest BCUT2D eigenvalue weighted by atomic mass is 10.0. The van der Waals surface area contributed by atoms with Crippen LogP contribution in [0.15, 0.2) is 24.3 Å². The Balaban J connectivity index is 4.25. The number of carbonyl (C=O) groups is 1. The highest BCUT2D eigenvalue weighted by Gasteiger charge is 2.23. The first kappa shape index (κ1) is 54.0. The van der Waals surface area contributed by atoms with Crippen molar-refractivity contribution in [2.45, 2.75) is 225 Å². The number of rotatable bonds is 42. The number of hydrogen-bond acceptors (Lipinski definition) is 6. The number of carbonyl (C=O) groups excluding carboxylic acids is 1. The van der Waals surface area contributed by atoms with Crippen molar-refractivity contribution in [3.8, 4) is 0 Å². The number of aliphatic hydroxyl groups excluding tert-OH is 1. The van der Waals surface area contributed by atoms with Gasteiger partial charge in [0.1, 0.15) is 13.2 Å². The van der Waals surface area contributed by atoms with E-state index in [2.05, 4.69) is 31.3 Å². The van der Waals surface area contributed by atoms with E-state index in [9.17, 15) is 19.4 Å². The Bertz CT molecular complexity index is 953. The Hall–Kier alpha value is -1.02. The van der Waals surface area contributed by atoms with E-state index in [0.717, 1.165) is 38.5 Å². The molecule has 0 saturated heterocycles. The average molecular weight is 799 g/mol. The summed E-state index contributed by atoms with van der Waals surface area (Å²) in [5.41, 5.74) is 0. The van der Waals surface area contributed by atoms with E-state index in [0.29, 0.717) is 17.4 Å². The van der Waals surface area contributed by atoms with Crippen molar-refractivity contribution in [1.82, 2.24) is 5.32 Å². The van der Waals surface area contributed by atoms with Crippen LogP contribution in [0.3, 0.4) is 0 Å². The van der Waals surface area contributed by atoms with Gasteiger partial charge in [0.15, 0.2) is 0 Å². The first-order valence-corrected chi connectivity index (χ1v) is 24.7. The van der Waals surface area contributed by atoms with E-state index in [1.54, 1.807) is 6.08 Å².